The summed E-state index contributed by atoms with van der Waals surface area (Å²) in [6, 6.07) is 13.9. The molecule has 0 aliphatic carbocycles. The minimum Gasteiger partial charge on any atom is -0.383 e. The van der Waals surface area contributed by atoms with Crippen molar-refractivity contribution in [2.24, 2.45) is 4.99 Å². The summed E-state index contributed by atoms with van der Waals surface area (Å²) in [5.74, 6) is 0.704. The zero-order chi connectivity index (χ0) is 19.8. The number of thiophene rings is 1. The van der Waals surface area contributed by atoms with Crippen LogP contribution in [0.1, 0.15) is 24.3 Å². The molecule has 3 aromatic rings. The lowest BCUT2D eigenvalue weighted by molar-refractivity contribution is 0.0711. The molecule has 3 rings (SSSR count). The number of hydrogen-bond donors (Lipinski definition) is 3. The van der Waals surface area contributed by atoms with Gasteiger partial charge in [-0.05, 0) is 49.4 Å². The second-order valence-corrected chi connectivity index (χ2v) is 7.70. The number of para-hydroxylation sites is 1. The van der Waals surface area contributed by atoms with Crippen LogP contribution in [0.4, 0.5) is 0 Å². The third-order valence-corrected chi connectivity index (χ3v) is 5.43. The smallest absolute Gasteiger partial charge is 0.191 e. The van der Waals surface area contributed by atoms with E-state index in [4.69, 9.17) is 0 Å². The van der Waals surface area contributed by atoms with Crippen molar-refractivity contribution in [2.75, 3.05) is 19.6 Å². The van der Waals surface area contributed by atoms with Gasteiger partial charge in [-0.1, -0.05) is 24.3 Å². The van der Waals surface area contributed by atoms with Gasteiger partial charge in [-0.15, -0.1) is 35.3 Å². The molecule has 2 heterocycles. The van der Waals surface area contributed by atoms with Gasteiger partial charge < -0.3 is 15.7 Å². The number of guanidine groups is 1. The Labute approximate surface area is 193 Å². The molecule has 0 bridgehead atoms. The molecule has 6 nitrogen and oxygen atoms in total. The zero-order valence-electron chi connectivity index (χ0n) is 16.7. The summed E-state index contributed by atoms with van der Waals surface area (Å²) in [5, 5.41) is 23.6. The van der Waals surface area contributed by atoms with E-state index in [-0.39, 0.29) is 24.0 Å². The fourth-order valence-electron chi connectivity index (χ4n) is 2.77. The molecular weight excluding hydrogens is 497 g/mol. The van der Waals surface area contributed by atoms with E-state index in [0.29, 0.717) is 12.5 Å². The predicted octanol–water partition coefficient (Wildman–Crippen LogP) is 3.56. The predicted molar refractivity (Wildman–Crippen MR) is 131 cm³/mol. The zero-order valence-corrected chi connectivity index (χ0v) is 19.9. The molecule has 0 fully saturated rings. The lowest BCUT2D eigenvalue weighted by Gasteiger charge is -2.20. The lowest BCUT2D eigenvalue weighted by Crippen LogP contribution is -2.39. The van der Waals surface area contributed by atoms with Gasteiger partial charge in [0.15, 0.2) is 5.96 Å². The Bertz CT molecular complexity index is 878. The standard InChI is InChI=1S/C21H27N5OS.HI/c1-3-22-20(24-16-21(2,27)19-10-7-13-28-19)23-12-11-17-14-25-26(15-17)18-8-5-4-6-9-18;/h4-10,13-15,27H,3,11-12,16H2,1-2H3,(H2,22,23,24);1H. The van der Waals surface area contributed by atoms with Crippen molar-refractivity contribution in [1.29, 1.82) is 0 Å². The minimum absolute atomic E-state index is 0. The van der Waals surface area contributed by atoms with Crippen LogP contribution in [-0.4, -0.2) is 40.5 Å². The summed E-state index contributed by atoms with van der Waals surface area (Å²) in [6.45, 7) is 5.61. The molecule has 0 spiro atoms. The molecule has 2 aromatic heterocycles. The third-order valence-electron chi connectivity index (χ3n) is 4.30. The van der Waals surface area contributed by atoms with Crippen LogP contribution in [0.2, 0.25) is 0 Å². The van der Waals surface area contributed by atoms with Crippen molar-refractivity contribution in [3.05, 3.63) is 70.7 Å². The first-order chi connectivity index (χ1) is 13.6. The van der Waals surface area contributed by atoms with Gasteiger partial charge in [0, 0.05) is 24.2 Å². The van der Waals surface area contributed by atoms with Crippen molar-refractivity contribution in [3.8, 4) is 5.69 Å². The topological polar surface area (TPSA) is 74.5 Å². The van der Waals surface area contributed by atoms with E-state index in [0.717, 1.165) is 35.6 Å². The number of aromatic nitrogens is 2. The highest BCUT2D eigenvalue weighted by Gasteiger charge is 2.23. The molecular formula is C21H28IN5OS. The molecule has 3 N–H and O–H groups in total. The third kappa shape index (κ3) is 6.83. The normalized spacial score (nSPS) is 13.4. The molecule has 0 radical (unpaired) electrons. The highest BCUT2D eigenvalue weighted by atomic mass is 127. The van der Waals surface area contributed by atoms with Crippen LogP contribution in [0.3, 0.4) is 0 Å². The van der Waals surface area contributed by atoms with Crippen LogP contribution < -0.4 is 10.6 Å². The van der Waals surface area contributed by atoms with Crippen LogP contribution in [0.25, 0.3) is 5.69 Å². The maximum absolute atomic E-state index is 10.6. The molecule has 0 saturated carbocycles. The minimum atomic E-state index is -0.965. The summed E-state index contributed by atoms with van der Waals surface area (Å²) >= 11 is 1.54. The lowest BCUT2D eigenvalue weighted by atomic mass is 10.1. The largest absolute Gasteiger partial charge is 0.383 e. The first kappa shape index (κ1) is 23.4. The van der Waals surface area contributed by atoms with Crippen molar-refractivity contribution < 1.29 is 5.11 Å². The summed E-state index contributed by atoms with van der Waals surface area (Å²) in [6.07, 6.45) is 4.77. The van der Waals surface area contributed by atoms with Crippen LogP contribution in [0.5, 0.6) is 0 Å². The summed E-state index contributed by atoms with van der Waals surface area (Å²) in [7, 11) is 0. The van der Waals surface area contributed by atoms with Gasteiger partial charge in [-0.2, -0.15) is 5.10 Å². The number of rotatable bonds is 8. The van der Waals surface area contributed by atoms with E-state index in [1.165, 1.54) is 0 Å². The quantitative estimate of drug-likeness (QED) is 0.239. The average Bonchev–Trinajstić information content (AvgIpc) is 3.39. The Morgan fingerprint density at radius 2 is 2.00 bits per heavy atom. The average molecular weight is 525 g/mol. The van der Waals surface area contributed by atoms with E-state index in [9.17, 15) is 5.11 Å². The fraction of sp³-hybridized carbons (Fsp3) is 0.333. The molecule has 156 valence electrons. The number of nitrogens with zero attached hydrogens (tertiary/aromatic N) is 3. The van der Waals surface area contributed by atoms with Crippen molar-refractivity contribution in [3.63, 3.8) is 0 Å². The van der Waals surface area contributed by atoms with Gasteiger partial charge in [-0.3, -0.25) is 0 Å². The van der Waals surface area contributed by atoms with Crippen LogP contribution in [-0.2, 0) is 12.0 Å². The number of benzene rings is 1. The molecule has 8 heteroatoms. The number of aliphatic imine (C=N–C) groups is 1. The van der Waals surface area contributed by atoms with Crippen molar-refractivity contribution in [1.82, 2.24) is 20.4 Å². The number of halogens is 1. The Kier molecular flexibility index (Phi) is 9.12. The first-order valence-electron chi connectivity index (χ1n) is 9.46. The molecule has 0 aliphatic rings. The maximum Gasteiger partial charge on any atom is 0.191 e. The van der Waals surface area contributed by atoms with Crippen molar-refractivity contribution >= 4 is 41.3 Å². The van der Waals surface area contributed by atoms with Gasteiger partial charge in [0.25, 0.3) is 0 Å². The Morgan fingerprint density at radius 1 is 1.21 bits per heavy atom. The van der Waals surface area contributed by atoms with E-state index < -0.39 is 5.60 Å². The Hall–Kier alpha value is -1.91. The number of nitrogens with one attached hydrogen (secondary N) is 2. The molecule has 1 unspecified atom stereocenters. The van der Waals surface area contributed by atoms with Gasteiger partial charge in [0.05, 0.1) is 18.4 Å². The maximum atomic E-state index is 10.6. The second kappa shape index (κ2) is 11.3. The van der Waals surface area contributed by atoms with Crippen LogP contribution in [0, 0.1) is 0 Å². The molecule has 29 heavy (non-hydrogen) atoms. The highest BCUT2D eigenvalue weighted by molar-refractivity contribution is 14.0. The van der Waals surface area contributed by atoms with Gasteiger partial charge in [0.1, 0.15) is 5.60 Å². The monoisotopic (exact) mass is 525 g/mol. The molecule has 0 aliphatic heterocycles. The molecule has 0 saturated heterocycles. The summed E-state index contributed by atoms with van der Waals surface area (Å²) < 4.78 is 1.88. The second-order valence-electron chi connectivity index (χ2n) is 6.75. The van der Waals surface area contributed by atoms with E-state index in [1.807, 2.05) is 71.8 Å². The molecule has 0 amide bonds. The number of aliphatic hydroxyl groups is 1. The molecule has 1 atom stereocenters. The highest BCUT2D eigenvalue weighted by Crippen LogP contribution is 2.25. The number of hydrogen-bond acceptors (Lipinski definition) is 4. The van der Waals surface area contributed by atoms with Crippen LogP contribution in [0.15, 0.2) is 65.2 Å². The summed E-state index contributed by atoms with van der Waals surface area (Å²) in [5.41, 5.74) is 1.23. The van der Waals surface area contributed by atoms with E-state index >= 15 is 0 Å². The summed E-state index contributed by atoms with van der Waals surface area (Å²) in [4.78, 5) is 5.47. The van der Waals surface area contributed by atoms with Gasteiger partial charge in [0.2, 0.25) is 0 Å². The fourth-order valence-corrected chi connectivity index (χ4v) is 3.55. The SMILES string of the molecule is CCNC(=NCC(C)(O)c1cccs1)NCCc1cnn(-c2ccccc2)c1.I. The molecule has 1 aromatic carbocycles. The van der Waals surface area contributed by atoms with Crippen molar-refractivity contribution in [2.45, 2.75) is 25.9 Å². The Balaban J connectivity index is 0.00000300. The van der Waals surface area contributed by atoms with E-state index in [2.05, 4.69) is 20.7 Å². The van der Waals surface area contributed by atoms with Gasteiger partial charge >= 0.3 is 0 Å². The first-order valence-corrected chi connectivity index (χ1v) is 10.3. The Morgan fingerprint density at radius 3 is 2.69 bits per heavy atom. The van der Waals surface area contributed by atoms with Crippen LogP contribution >= 0.6 is 35.3 Å². The van der Waals surface area contributed by atoms with E-state index in [1.54, 1.807) is 18.3 Å². The van der Waals surface area contributed by atoms with Gasteiger partial charge in [-0.25, -0.2) is 9.67 Å².